The molecule has 0 saturated carbocycles. The number of aryl methyl sites for hydroxylation is 2. The number of alkyl carbamates (subject to hydrolysis) is 1. The molecular weight excluding hydrogens is 360 g/mol. The third-order valence-corrected chi connectivity index (χ3v) is 5.62. The van der Waals surface area contributed by atoms with E-state index in [9.17, 15) is 4.79 Å². The van der Waals surface area contributed by atoms with Crippen LogP contribution in [0.4, 0.5) is 4.79 Å². The molecule has 6 nitrogen and oxygen atoms in total. The Balaban J connectivity index is 1.71. The number of nitrogens with zero attached hydrogens (tertiary/aromatic N) is 3. The van der Waals surface area contributed by atoms with Crippen LogP contribution in [0.3, 0.4) is 0 Å². The Morgan fingerprint density at radius 1 is 1.15 bits per heavy atom. The summed E-state index contributed by atoms with van der Waals surface area (Å²) >= 11 is 1.54. The number of aromatic nitrogens is 3. The maximum Gasteiger partial charge on any atom is 0.407 e. The molecular formula is C20H20N4O2S. The first kappa shape index (κ1) is 17.6. The fourth-order valence-corrected chi connectivity index (χ4v) is 3.87. The molecule has 1 fully saturated rings. The first-order valence-electron chi connectivity index (χ1n) is 8.77. The lowest BCUT2D eigenvalue weighted by atomic mass is 10.1. The Hall–Kier alpha value is -2.80. The monoisotopic (exact) mass is 380 g/mol. The number of hydrogen-bond acceptors (Lipinski definition) is 5. The predicted octanol–water partition coefficient (Wildman–Crippen LogP) is 3.75. The fourth-order valence-electron chi connectivity index (χ4n) is 2.93. The predicted molar refractivity (Wildman–Crippen MR) is 105 cm³/mol. The molecule has 2 aromatic carbocycles. The van der Waals surface area contributed by atoms with Gasteiger partial charge in [-0.3, -0.25) is 4.57 Å². The number of nitrogens with one attached hydrogen (secondary N) is 1. The van der Waals surface area contributed by atoms with Crippen molar-refractivity contribution in [2.45, 2.75) is 25.1 Å². The number of benzene rings is 2. The van der Waals surface area contributed by atoms with E-state index in [1.807, 2.05) is 30.3 Å². The summed E-state index contributed by atoms with van der Waals surface area (Å²) in [4.78, 5) is 11.2. The van der Waals surface area contributed by atoms with Crippen LogP contribution in [0.15, 0.2) is 53.7 Å². The van der Waals surface area contributed by atoms with Crippen LogP contribution in [0.2, 0.25) is 0 Å². The van der Waals surface area contributed by atoms with Crippen molar-refractivity contribution in [3.05, 3.63) is 59.7 Å². The molecule has 0 spiro atoms. The second-order valence-electron chi connectivity index (χ2n) is 6.50. The Kier molecular flexibility index (Phi) is 4.85. The third kappa shape index (κ3) is 3.68. The Morgan fingerprint density at radius 2 is 1.96 bits per heavy atom. The van der Waals surface area contributed by atoms with Crippen LogP contribution in [0, 0.1) is 13.8 Å². The quantitative estimate of drug-likeness (QED) is 0.683. The number of carbonyl (C=O) groups is 1. The van der Waals surface area contributed by atoms with Gasteiger partial charge in [0.2, 0.25) is 0 Å². The summed E-state index contributed by atoms with van der Waals surface area (Å²) in [6.07, 6.45) is -0.520. The van der Waals surface area contributed by atoms with Crippen molar-refractivity contribution >= 4 is 17.9 Å². The van der Waals surface area contributed by atoms with Crippen LogP contribution in [-0.2, 0) is 4.74 Å². The highest BCUT2D eigenvalue weighted by Gasteiger charge is 2.24. The molecule has 1 atom stereocenters. The highest BCUT2D eigenvalue weighted by Crippen LogP contribution is 2.29. The van der Waals surface area contributed by atoms with Gasteiger partial charge in [0.25, 0.3) is 0 Å². The Bertz CT molecular complexity index is 971. The summed E-state index contributed by atoms with van der Waals surface area (Å²) in [5.74, 6) is 1.42. The highest BCUT2D eigenvalue weighted by molar-refractivity contribution is 7.99. The smallest absolute Gasteiger partial charge is 0.407 e. The first-order chi connectivity index (χ1) is 13.1. The van der Waals surface area contributed by atoms with Crippen molar-refractivity contribution in [2.24, 2.45) is 0 Å². The van der Waals surface area contributed by atoms with E-state index in [-0.39, 0.29) is 12.2 Å². The number of thioether (sulfide) groups is 1. The second-order valence-corrected chi connectivity index (χ2v) is 7.48. The van der Waals surface area contributed by atoms with Crippen molar-refractivity contribution in [1.29, 1.82) is 0 Å². The summed E-state index contributed by atoms with van der Waals surface area (Å²) in [5, 5.41) is 12.3. The topological polar surface area (TPSA) is 69.0 Å². The van der Waals surface area contributed by atoms with Gasteiger partial charge < -0.3 is 10.1 Å². The Morgan fingerprint density at radius 3 is 2.67 bits per heavy atom. The van der Waals surface area contributed by atoms with Gasteiger partial charge in [0.05, 0.1) is 12.2 Å². The van der Waals surface area contributed by atoms with E-state index in [0.717, 1.165) is 22.2 Å². The van der Waals surface area contributed by atoms with Crippen molar-refractivity contribution in [1.82, 2.24) is 20.1 Å². The van der Waals surface area contributed by atoms with Gasteiger partial charge in [0.1, 0.15) is 6.10 Å². The van der Waals surface area contributed by atoms with Crippen molar-refractivity contribution in [2.75, 3.05) is 12.3 Å². The zero-order valence-corrected chi connectivity index (χ0v) is 16.0. The number of cyclic esters (lactones) is 1. The minimum absolute atomic E-state index is 0.160. The van der Waals surface area contributed by atoms with Crippen molar-refractivity contribution in [3.63, 3.8) is 0 Å². The third-order valence-electron chi connectivity index (χ3n) is 4.56. The molecule has 1 aliphatic rings. The molecule has 1 N–H and O–H groups in total. The molecule has 0 radical (unpaired) electrons. The van der Waals surface area contributed by atoms with Crippen LogP contribution in [-0.4, -0.2) is 39.3 Å². The summed E-state index contributed by atoms with van der Waals surface area (Å²) in [6.45, 7) is 4.72. The first-order valence-corrected chi connectivity index (χ1v) is 9.76. The second kappa shape index (κ2) is 7.44. The largest absolute Gasteiger partial charge is 0.443 e. The molecule has 0 aliphatic carbocycles. The van der Waals surface area contributed by atoms with E-state index in [0.29, 0.717) is 12.3 Å². The summed E-state index contributed by atoms with van der Waals surface area (Å²) < 4.78 is 7.29. The van der Waals surface area contributed by atoms with Crippen LogP contribution in [0.5, 0.6) is 0 Å². The molecule has 7 heteroatoms. The van der Waals surface area contributed by atoms with E-state index in [1.54, 1.807) is 0 Å². The van der Waals surface area contributed by atoms with Crippen LogP contribution >= 0.6 is 11.8 Å². The van der Waals surface area contributed by atoms with E-state index in [1.165, 1.54) is 22.9 Å². The average Bonchev–Trinajstić information content (AvgIpc) is 3.29. The van der Waals surface area contributed by atoms with Crippen molar-refractivity contribution in [3.8, 4) is 17.1 Å². The summed E-state index contributed by atoms with van der Waals surface area (Å²) in [6, 6.07) is 16.4. The zero-order valence-electron chi connectivity index (χ0n) is 15.2. The average molecular weight is 380 g/mol. The number of ether oxygens (including phenoxy) is 1. The number of carbonyl (C=O) groups excluding carboxylic acids is 1. The maximum atomic E-state index is 11.2. The van der Waals surface area contributed by atoms with E-state index in [4.69, 9.17) is 4.74 Å². The summed E-state index contributed by atoms with van der Waals surface area (Å²) in [5.41, 5.74) is 4.48. The van der Waals surface area contributed by atoms with Gasteiger partial charge in [-0.05, 0) is 37.1 Å². The lowest BCUT2D eigenvalue weighted by Crippen LogP contribution is -2.17. The molecule has 1 amide bonds. The minimum atomic E-state index is -0.360. The molecule has 0 unspecified atom stereocenters. The number of hydrogen-bond donors (Lipinski definition) is 1. The van der Waals surface area contributed by atoms with Gasteiger partial charge in [-0.25, -0.2) is 4.79 Å². The van der Waals surface area contributed by atoms with Gasteiger partial charge in [-0.2, -0.15) is 0 Å². The molecule has 3 aromatic rings. The van der Waals surface area contributed by atoms with Crippen LogP contribution < -0.4 is 5.32 Å². The summed E-state index contributed by atoms with van der Waals surface area (Å²) in [7, 11) is 0. The van der Waals surface area contributed by atoms with Gasteiger partial charge in [-0.1, -0.05) is 48.2 Å². The SMILES string of the molecule is Cc1ccc(-n2c(SC[C@H]3CNC(=O)O3)nnc2-c2ccccc2)cc1C. The van der Waals surface area contributed by atoms with Gasteiger partial charge in [-0.15, -0.1) is 10.2 Å². The molecule has 1 aliphatic heterocycles. The van der Waals surface area contributed by atoms with Crippen LogP contribution in [0.1, 0.15) is 11.1 Å². The molecule has 4 rings (SSSR count). The van der Waals surface area contributed by atoms with Crippen LogP contribution in [0.25, 0.3) is 17.1 Å². The van der Waals surface area contributed by atoms with Gasteiger partial charge in [0.15, 0.2) is 11.0 Å². The molecule has 2 heterocycles. The molecule has 1 aromatic heterocycles. The van der Waals surface area contributed by atoms with E-state index in [2.05, 4.69) is 52.1 Å². The molecule has 27 heavy (non-hydrogen) atoms. The lowest BCUT2D eigenvalue weighted by Gasteiger charge is -2.13. The molecule has 1 saturated heterocycles. The molecule has 138 valence electrons. The number of rotatable bonds is 5. The van der Waals surface area contributed by atoms with E-state index >= 15 is 0 Å². The maximum absolute atomic E-state index is 11.2. The zero-order chi connectivity index (χ0) is 18.8. The normalized spacial score (nSPS) is 16.2. The van der Waals surface area contributed by atoms with E-state index < -0.39 is 0 Å². The minimum Gasteiger partial charge on any atom is -0.443 e. The fraction of sp³-hybridized carbons (Fsp3) is 0.250. The standard InChI is InChI=1S/C20H20N4O2S/c1-13-8-9-16(10-14(13)2)24-18(15-6-4-3-5-7-15)22-23-19(24)27-12-17-11-21-20(25)26-17/h3-10,17H,11-12H2,1-2H3,(H,21,25)/t17-/m1/s1. The molecule has 0 bridgehead atoms. The van der Waals surface area contributed by atoms with Crippen molar-refractivity contribution < 1.29 is 9.53 Å². The lowest BCUT2D eigenvalue weighted by molar-refractivity contribution is 0.150. The highest BCUT2D eigenvalue weighted by atomic mass is 32.2. The Labute approximate surface area is 162 Å². The van der Waals surface area contributed by atoms with Gasteiger partial charge >= 0.3 is 6.09 Å². The number of amides is 1. The van der Waals surface area contributed by atoms with Gasteiger partial charge in [0, 0.05) is 11.3 Å².